The van der Waals surface area contributed by atoms with Crippen LogP contribution in [0, 0.1) is 10.8 Å². The van der Waals surface area contributed by atoms with Crippen LogP contribution in [-0.4, -0.2) is 64.3 Å². The van der Waals surface area contributed by atoms with Gasteiger partial charge in [0.15, 0.2) is 5.79 Å². The maximum absolute atomic E-state index is 13.7. The van der Waals surface area contributed by atoms with E-state index in [9.17, 15) is 14.4 Å². The highest BCUT2D eigenvalue weighted by Crippen LogP contribution is 2.45. The second-order valence-electron chi connectivity index (χ2n) is 11.5. The van der Waals surface area contributed by atoms with Crippen molar-refractivity contribution in [1.29, 1.82) is 0 Å². The fourth-order valence-corrected chi connectivity index (χ4v) is 4.88. The van der Waals surface area contributed by atoms with Crippen molar-refractivity contribution in [3.05, 3.63) is 95.6 Å². The van der Waals surface area contributed by atoms with E-state index in [0.717, 1.165) is 11.1 Å². The molecule has 9 heteroatoms. The molecule has 0 aromatic heterocycles. The highest BCUT2D eigenvalue weighted by Gasteiger charge is 2.54. The van der Waals surface area contributed by atoms with E-state index in [1.165, 1.54) is 0 Å². The lowest BCUT2D eigenvalue weighted by Crippen LogP contribution is -2.52. The molecular weight excluding hydrogens is 564 g/mol. The van der Waals surface area contributed by atoms with Gasteiger partial charge in [-0.2, -0.15) is 0 Å². The lowest BCUT2D eigenvalue weighted by molar-refractivity contribution is -0.189. The number of ether oxygens (including phenoxy) is 6. The average Bonchev–Trinajstić information content (AvgIpc) is 3.03. The van der Waals surface area contributed by atoms with Crippen molar-refractivity contribution >= 4 is 17.9 Å². The number of hydrogen-bond donors (Lipinski definition) is 0. The van der Waals surface area contributed by atoms with E-state index in [1.807, 2.05) is 72.8 Å². The predicted octanol–water partition coefficient (Wildman–Crippen LogP) is 5.52. The number of carbonyl (C=O) groups is 3. The molecule has 44 heavy (non-hydrogen) atoms. The number of esters is 3. The van der Waals surface area contributed by atoms with Crippen molar-refractivity contribution in [2.45, 2.75) is 52.4 Å². The van der Waals surface area contributed by atoms with Crippen molar-refractivity contribution in [3.8, 4) is 0 Å². The zero-order chi connectivity index (χ0) is 32.4. The minimum Gasteiger partial charge on any atom is -0.465 e. The van der Waals surface area contributed by atoms with Crippen molar-refractivity contribution in [3.63, 3.8) is 0 Å². The Balaban J connectivity index is 2.25. The second kappa shape index (κ2) is 14.8. The first-order valence-electron chi connectivity index (χ1n) is 14.7. The summed E-state index contributed by atoms with van der Waals surface area (Å²) in [6, 6.07) is 18.9. The molecule has 1 aliphatic rings. The zero-order valence-corrected chi connectivity index (χ0v) is 26.7. The number of carbonyl (C=O) groups excluding carboxylic acids is 3. The molecule has 0 saturated carbocycles. The number of benzene rings is 2. The molecule has 0 fully saturated rings. The molecule has 0 radical (unpaired) electrons. The Kier molecular flexibility index (Phi) is 11.7. The van der Waals surface area contributed by atoms with Gasteiger partial charge in [-0.25, -0.2) is 0 Å². The van der Waals surface area contributed by atoms with Crippen molar-refractivity contribution in [2.75, 3.05) is 40.6 Å². The summed E-state index contributed by atoms with van der Waals surface area (Å²) in [6.07, 6.45) is 5.97. The Morgan fingerprint density at radius 2 is 1.23 bits per heavy atom. The molecule has 238 valence electrons. The van der Waals surface area contributed by atoms with Gasteiger partial charge in [0.05, 0.1) is 25.2 Å². The molecule has 9 nitrogen and oxygen atoms in total. The summed E-state index contributed by atoms with van der Waals surface area (Å²) < 4.78 is 34.6. The van der Waals surface area contributed by atoms with Gasteiger partial charge in [0.25, 0.3) is 0 Å². The van der Waals surface area contributed by atoms with Gasteiger partial charge in [-0.05, 0) is 57.4 Å². The minimum absolute atomic E-state index is 0.0142. The Labute approximate surface area is 260 Å². The van der Waals surface area contributed by atoms with Gasteiger partial charge in [0.2, 0.25) is 5.41 Å². The van der Waals surface area contributed by atoms with Gasteiger partial charge in [-0.1, -0.05) is 72.8 Å². The van der Waals surface area contributed by atoms with E-state index in [1.54, 1.807) is 54.9 Å². The molecule has 0 spiro atoms. The van der Waals surface area contributed by atoms with Crippen molar-refractivity contribution < 1.29 is 42.8 Å². The molecule has 3 rings (SSSR count). The van der Waals surface area contributed by atoms with E-state index >= 15 is 0 Å². The van der Waals surface area contributed by atoms with E-state index in [4.69, 9.17) is 28.4 Å². The summed E-state index contributed by atoms with van der Waals surface area (Å²) in [5.41, 5.74) is -2.15. The fraction of sp³-hybridized carbons (Fsp3) is 0.457. The maximum Gasteiger partial charge on any atom is 0.329 e. The van der Waals surface area contributed by atoms with Gasteiger partial charge in [0.1, 0.15) is 12.2 Å². The van der Waals surface area contributed by atoms with Gasteiger partial charge in [-0.3, -0.25) is 14.4 Å². The highest BCUT2D eigenvalue weighted by atomic mass is 16.7. The van der Waals surface area contributed by atoms with Crippen LogP contribution in [0.2, 0.25) is 0 Å². The van der Waals surface area contributed by atoms with Gasteiger partial charge >= 0.3 is 17.9 Å². The molecule has 2 aromatic carbocycles. The van der Waals surface area contributed by atoms with E-state index in [2.05, 4.69) is 0 Å². The standard InChI is InChI=1S/C35H44O9/c1-8-41-30(37)33(31(38)42-9-2,24-43-29(36)32(3,4)5)25-44-35(26-16-12-10-13-17-26,27-18-14-11-15-19-27)28-20-22-34(39-6,40-7)23-21-28/h10-22H,8-9,23-25H2,1-7H3. The molecule has 0 bridgehead atoms. The van der Waals surface area contributed by atoms with Crippen LogP contribution in [0.25, 0.3) is 0 Å². The summed E-state index contributed by atoms with van der Waals surface area (Å²) in [5.74, 6) is -3.40. The van der Waals surface area contributed by atoms with E-state index in [-0.39, 0.29) is 13.2 Å². The quantitative estimate of drug-likeness (QED) is 0.119. The summed E-state index contributed by atoms with van der Waals surface area (Å²) >= 11 is 0. The Morgan fingerprint density at radius 3 is 1.61 bits per heavy atom. The van der Waals surface area contributed by atoms with Crippen LogP contribution < -0.4 is 0 Å². The first-order chi connectivity index (χ1) is 20.9. The zero-order valence-electron chi connectivity index (χ0n) is 26.7. The number of rotatable bonds is 14. The molecule has 0 atom stereocenters. The molecule has 0 N–H and O–H groups in total. The summed E-state index contributed by atoms with van der Waals surface area (Å²) in [4.78, 5) is 40.3. The molecule has 0 heterocycles. The molecule has 2 aromatic rings. The molecule has 0 saturated heterocycles. The highest BCUT2D eigenvalue weighted by molar-refractivity contribution is 6.01. The largest absolute Gasteiger partial charge is 0.465 e. The van der Waals surface area contributed by atoms with Crippen LogP contribution in [0.3, 0.4) is 0 Å². The monoisotopic (exact) mass is 608 g/mol. The lowest BCUT2D eigenvalue weighted by atomic mass is 9.77. The van der Waals surface area contributed by atoms with Crippen LogP contribution in [0.4, 0.5) is 0 Å². The molecule has 0 unspecified atom stereocenters. The number of methoxy groups -OCH3 is 2. The second-order valence-corrected chi connectivity index (χ2v) is 11.5. The summed E-state index contributed by atoms with van der Waals surface area (Å²) in [5, 5.41) is 0. The van der Waals surface area contributed by atoms with Gasteiger partial charge in [-0.15, -0.1) is 0 Å². The Bertz CT molecular complexity index is 1260. The van der Waals surface area contributed by atoms with Crippen LogP contribution in [0.5, 0.6) is 0 Å². The van der Waals surface area contributed by atoms with Crippen LogP contribution in [0.1, 0.15) is 52.2 Å². The molecule has 1 aliphatic carbocycles. The molecule has 0 amide bonds. The van der Waals surface area contributed by atoms with E-state index in [0.29, 0.717) is 12.0 Å². The Hall–Kier alpha value is -3.79. The minimum atomic E-state index is -2.12. The average molecular weight is 609 g/mol. The lowest BCUT2D eigenvalue weighted by Gasteiger charge is -2.41. The molecular formula is C35H44O9. The predicted molar refractivity (Wildman–Crippen MR) is 164 cm³/mol. The fourth-order valence-electron chi connectivity index (χ4n) is 4.88. The van der Waals surface area contributed by atoms with Crippen molar-refractivity contribution in [2.24, 2.45) is 10.8 Å². The maximum atomic E-state index is 13.7. The first kappa shape index (κ1) is 34.7. The van der Waals surface area contributed by atoms with Crippen LogP contribution in [-0.2, 0) is 48.4 Å². The van der Waals surface area contributed by atoms with Crippen molar-refractivity contribution in [1.82, 2.24) is 0 Å². The molecule has 0 aliphatic heterocycles. The third kappa shape index (κ3) is 7.29. The SMILES string of the molecule is CCOC(=O)C(COC(=O)C(C)(C)C)(COC(C1=CCC(OC)(OC)C=C1)(c1ccccc1)c1ccccc1)C(=O)OCC. The number of hydrogen-bond acceptors (Lipinski definition) is 9. The Morgan fingerprint density at radius 1 is 0.727 bits per heavy atom. The normalized spacial score (nSPS) is 14.8. The third-order valence-electron chi connectivity index (χ3n) is 7.51. The smallest absolute Gasteiger partial charge is 0.329 e. The van der Waals surface area contributed by atoms with Crippen LogP contribution in [0.15, 0.2) is 84.5 Å². The summed E-state index contributed by atoms with van der Waals surface area (Å²) in [7, 11) is 3.13. The first-order valence-corrected chi connectivity index (χ1v) is 14.7. The van der Waals surface area contributed by atoms with Gasteiger partial charge in [0, 0.05) is 20.6 Å². The van der Waals surface area contributed by atoms with E-state index < -0.39 is 53.3 Å². The summed E-state index contributed by atoms with van der Waals surface area (Å²) in [6.45, 7) is 7.11. The topological polar surface area (TPSA) is 107 Å². The van der Waals surface area contributed by atoms with Gasteiger partial charge < -0.3 is 28.4 Å². The van der Waals surface area contributed by atoms with Crippen LogP contribution >= 0.6 is 0 Å². The third-order valence-corrected chi connectivity index (χ3v) is 7.51.